The monoisotopic (exact) mass is 312 g/mol. The van der Waals surface area contributed by atoms with Crippen LogP contribution in [0.3, 0.4) is 0 Å². The van der Waals surface area contributed by atoms with E-state index in [0.29, 0.717) is 6.42 Å². The van der Waals surface area contributed by atoms with Crippen LogP contribution in [-0.4, -0.2) is 10.2 Å². The van der Waals surface area contributed by atoms with Gasteiger partial charge in [-0.15, -0.1) is 11.3 Å². The molecular weight excluding hydrogens is 300 g/mol. The fourth-order valence-electron chi connectivity index (χ4n) is 1.67. The predicted octanol–water partition coefficient (Wildman–Crippen LogP) is 3.28. The number of rotatable bonds is 4. The predicted molar refractivity (Wildman–Crippen MR) is 73.0 cm³/mol. The second kappa shape index (κ2) is 5.78. The van der Waals surface area contributed by atoms with E-state index in [4.69, 9.17) is 5.11 Å². The van der Waals surface area contributed by atoms with Gasteiger partial charge in [0.2, 0.25) is 0 Å². The first-order chi connectivity index (χ1) is 8.19. The second-order valence-corrected chi connectivity index (χ2v) is 5.77. The number of thiophene rings is 1. The number of hydrogen-bond donors (Lipinski definition) is 2. The second-order valence-electron chi connectivity index (χ2n) is 3.85. The number of aliphatic hydroxyl groups excluding tert-OH is 2. The van der Waals surface area contributed by atoms with Crippen molar-refractivity contribution in [2.24, 2.45) is 0 Å². The minimum atomic E-state index is -0.506. The Hall–Kier alpha value is -0.680. The fraction of sp³-hybridized carbons (Fsp3) is 0.231. The van der Waals surface area contributed by atoms with Crippen LogP contribution in [0.2, 0.25) is 0 Å². The third-order valence-electron chi connectivity index (χ3n) is 2.53. The van der Waals surface area contributed by atoms with Gasteiger partial charge in [-0.3, -0.25) is 0 Å². The van der Waals surface area contributed by atoms with Gasteiger partial charge in [-0.25, -0.2) is 0 Å². The van der Waals surface area contributed by atoms with Crippen LogP contribution in [0, 0.1) is 0 Å². The number of halogens is 1. The van der Waals surface area contributed by atoms with Crippen LogP contribution in [0.4, 0.5) is 0 Å². The molecule has 0 fully saturated rings. The molecule has 90 valence electrons. The maximum atomic E-state index is 10.1. The highest BCUT2D eigenvalue weighted by atomic mass is 79.9. The van der Waals surface area contributed by atoms with Crippen LogP contribution in [0.15, 0.2) is 40.2 Å². The summed E-state index contributed by atoms with van der Waals surface area (Å²) in [5.41, 5.74) is 1.96. The van der Waals surface area contributed by atoms with Crippen molar-refractivity contribution in [3.05, 3.63) is 56.2 Å². The lowest BCUT2D eigenvalue weighted by Crippen LogP contribution is -2.00. The summed E-state index contributed by atoms with van der Waals surface area (Å²) in [5, 5.41) is 21.1. The van der Waals surface area contributed by atoms with Crippen molar-refractivity contribution in [2.75, 3.05) is 0 Å². The Labute approximate surface area is 113 Å². The largest absolute Gasteiger partial charge is 0.391 e. The number of aliphatic hydroxyl groups is 2. The normalized spacial score (nSPS) is 12.6. The lowest BCUT2D eigenvalue weighted by molar-refractivity contribution is 0.178. The van der Waals surface area contributed by atoms with Crippen LogP contribution < -0.4 is 0 Å². The van der Waals surface area contributed by atoms with Gasteiger partial charge >= 0.3 is 0 Å². The zero-order valence-electron chi connectivity index (χ0n) is 9.14. The molecule has 2 aromatic rings. The molecule has 0 saturated heterocycles. The van der Waals surface area contributed by atoms with E-state index in [9.17, 15) is 5.11 Å². The molecule has 17 heavy (non-hydrogen) atoms. The van der Waals surface area contributed by atoms with Gasteiger partial charge in [0.05, 0.1) is 12.7 Å². The van der Waals surface area contributed by atoms with Crippen LogP contribution in [-0.2, 0) is 13.0 Å². The molecule has 1 atom stereocenters. The first-order valence-corrected chi connectivity index (χ1v) is 6.97. The van der Waals surface area contributed by atoms with Crippen molar-refractivity contribution >= 4 is 27.3 Å². The Morgan fingerprint density at radius 2 is 2.12 bits per heavy atom. The van der Waals surface area contributed by atoms with E-state index in [-0.39, 0.29) is 6.61 Å². The number of benzene rings is 1. The highest BCUT2D eigenvalue weighted by molar-refractivity contribution is 9.10. The molecule has 0 aliphatic carbocycles. The minimum absolute atomic E-state index is 0.0671. The van der Waals surface area contributed by atoms with E-state index in [0.717, 1.165) is 20.5 Å². The molecular formula is C13H13BrO2S. The summed E-state index contributed by atoms with van der Waals surface area (Å²) in [6.45, 7) is 0.0671. The SMILES string of the molecule is OCc1cc(CC(O)c2cccc(Br)c2)cs1. The minimum Gasteiger partial charge on any atom is -0.391 e. The standard InChI is InChI=1S/C13H13BrO2S/c14-11-3-1-2-10(6-11)13(16)5-9-4-12(7-15)17-8-9/h1-4,6,8,13,15-16H,5,7H2. The van der Waals surface area contributed by atoms with Crippen molar-refractivity contribution in [2.45, 2.75) is 19.1 Å². The molecule has 0 spiro atoms. The molecule has 0 aliphatic rings. The van der Waals surface area contributed by atoms with E-state index >= 15 is 0 Å². The molecule has 1 aromatic heterocycles. The van der Waals surface area contributed by atoms with Crippen molar-refractivity contribution < 1.29 is 10.2 Å². The third kappa shape index (κ3) is 3.39. The van der Waals surface area contributed by atoms with Gasteiger partial charge in [-0.2, -0.15) is 0 Å². The molecule has 1 unspecified atom stereocenters. The summed E-state index contributed by atoms with van der Waals surface area (Å²) in [6.07, 6.45) is 0.0705. The quantitative estimate of drug-likeness (QED) is 0.909. The first kappa shape index (κ1) is 12.8. The number of hydrogen-bond acceptors (Lipinski definition) is 3. The highest BCUT2D eigenvalue weighted by Gasteiger charge is 2.10. The van der Waals surface area contributed by atoms with Gasteiger partial charge in [-0.05, 0) is 34.7 Å². The summed E-state index contributed by atoms with van der Waals surface area (Å²) < 4.78 is 0.968. The average molecular weight is 313 g/mol. The molecule has 2 nitrogen and oxygen atoms in total. The molecule has 1 aromatic carbocycles. The topological polar surface area (TPSA) is 40.5 Å². The Bertz CT molecular complexity index is 496. The summed E-state index contributed by atoms with van der Waals surface area (Å²) in [7, 11) is 0. The van der Waals surface area contributed by atoms with E-state index in [1.165, 1.54) is 11.3 Å². The van der Waals surface area contributed by atoms with Gasteiger partial charge in [-0.1, -0.05) is 28.1 Å². The lowest BCUT2D eigenvalue weighted by atomic mass is 10.0. The van der Waals surface area contributed by atoms with E-state index in [1.807, 2.05) is 35.7 Å². The van der Waals surface area contributed by atoms with Crippen LogP contribution in [0.5, 0.6) is 0 Å². The Morgan fingerprint density at radius 1 is 1.29 bits per heavy atom. The van der Waals surface area contributed by atoms with Crippen molar-refractivity contribution in [1.82, 2.24) is 0 Å². The van der Waals surface area contributed by atoms with E-state index in [2.05, 4.69) is 15.9 Å². The molecule has 0 radical (unpaired) electrons. The van der Waals surface area contributed by atoms with Crippen molar-refractivity contribution in [3.8, 4) is 0 Å². The zero-order chi connectivity index (χ0) is 12.3. The molecule has 2 N–H and O–H groups in total. The zero-order valence-corrected chi connectivity index (χ0v) is 11.5. The van der Waals surface area contributed by atoms with Gasteiger partial charge in [0.15, 0.2) is 0 Å². The molecule has 0 aliphatic heterocycles. The molecule has 0 amide bonds. The smallest absolute Gasteiger partial charge is 0.0831 e. The van der Waals surface area contributed by atoms with Crippen LogP contribution in [0.25, 0.3) is 0 Å². The van der Waals surface area contributed by atoms with E-state index in [1.54, 1.807) is 0 Å². The molecule has 4 heteroatoms. The summed E-state index contributed by atoms with van der Waals surface area (Å²) >= 11 is 4.91. The van der Waals surface area contributed by atoms with Gasteiger partial charge < -0.3 is 10.2 Å². The third-order valence-corrected chi connectivity index (χ3v) is 3.99. The van der Waals surface area contributed by atoms with Gasteiger partial charge in [0.25, 0.3) is 0 Å². The molecule has 2 rings (SSSR count). The Kier molecular flexibility index (Phi) is 4.34. The van der Waals surface area contributed by atoms with Crippen LogP contribution in [0.1, 0.15) is 22.1 Å². The Balaban J connectivity index is 2.08. The van der Waals surface area contributed by atoms with E-state index < -0.39 is 6.10 Å². The summed E-state index contributed by atoms with van der Waals surface area (Å²) in [4.78, 5) is 0.932. The molecule has 1 heterocycles. The summed E-state index contributed by atoms with van der Waals surface area (Å²) in [6, 6.07) is 9.62. The molecule has 0 saturated carbocycles. The van der Waals surface area contributed by atoms with Gasteiger partial charge in [0.1, 0.15) is 0 Å². The average Bonchev–Trinajstić information content (AvgIpc) is 2.77. The Morgan fingerprint density at radius 3 is 2.76 bits per heavy atom. The van der Waals surface area contributed by atoms with Gasteiger partial charge in [0, 0.05) is 15.8 Å². The fourth-order valence-corrected chi connectivity index (χ4v) is 2.85. The van der Waals surface area contributed by atoms with Crippen LogP contribution >= 0.6 is 27.3 Å². The van der Waals surface area contributed by atoms with Crippen molar-refractivity contribution in [1.29, 1.82) is 0 Å². The van der Waals surface area contributed by atoms with Crippen molar-refractivity contribution in [3.63, 3.8) is 0 Å². The maximum absolute atomic E-state index is 10.1. The summed E-state index contributed by atoms with van der Waals surface area (Å²) in [5.74, 6) is 0. The molecule has 0 bridgehead atoms. The highest BCUT2D eigenvalue weighted by Crippen LogP contribution is 2.24. The maximum Gasteiger partial charge on any atom is 0.0831 e. The lowest BCUT2D eigenvalue weighted by Gasteiger charge is -2.10. The first-order valence-electron chi connectivity index (χ1n) is 5.29.